The quantitative estimate of drug-likeness (QED) is 0.567. The van der Waals surface area contributed by atoms with Crippen LogP contribution in [-0.2, 0) is 0 Å². The summed E-state index contributed by atoms with van der Waals surface area (Å²) in [5.74, 6) is 0. The van der Waals surface area contributed by atoms with Gasteiger partial charge in [-0.2, -0.15) is 0 Å². The molecule has 1 aromatic carbocycles. The largest absolute Gasteiger partial charge is 0.359 e. The van der Waals surface area contributed by atoms with Crippen molar-refractivity contribution in [3.05, 3.63) is 29.3 Å². The van der Waals surface area contributed by atoms with Crippen LogP contribution in [0.1, 0.15) is 0 Å². The molecule has 8 heteroatoms. The number of nitrogens with two attached hydrogens (primary N) is 1. The molecule has 2 N–H and O–H groups in total. The van der Waals surface area contributed by atoms with Crippen LogP contribution < -0.4 is 28.9 Å². The standard InChI is InChI=1S/C10H13ClN2.ClHO4/c11-9-3-1-2-4-10(9)13-7-5-12-6-8-13;2-1(3,4)5/h1-4,12H,5-8H2;(H,2,3,4,5). The summed E-state index contributed by atoms with van der Waals surface area (Å²) in [6.07, 6.45) is 0. The predicted molar refractivity (Wildman–Crippen MR) is 55.3 cm³/mol. The summed E-state index contributed by atoms with van der Waals surface area (Å²) in [5, 5.41) is 3.21. The minimum atomic E-state index is -4.94. The Balaban J connectivity index is 0.000000280. The van der Waals surface area contributed by atoms with Crippen molar-refractivity contribution < 1.29 is 34.2 Å². The monoisotopic (exact) mass is 296 g/mol. The van der Waals surface area contributed by atoms with Crippen molar-refractivity contribution in [2.24, 2.45) is 0 Å². The first-order chi connectivity index (χ1) is 8.38. The SMILES string of the molecule is Clc1ccccc1N1CC[NH2+]CC1.[O-][Cl+3]([O-])([O-])[O-]. The van der Waals surface area contributed by atoms with Gasteiger partial charge in [0.05, 0.1) is 36.9 Å². The smallest absolute Gasteiger partial charge is 0.0934 e. The number of para-hydroxylation sites is 1. The van der Waals surface area contributed by atoms with E-state index in [0.29, 0.717) is 0 Å². The van der Waals surface area contributed by atoms with Gasteiger partial charge in [-0.05, 0) is 12.1 Å². The van der Waals surface area contributed by atoms with E-state index in [4.69, 9.17) is 30.2 Å². The van der Waals surface area contributed by atoms with Crippen molar-refractivity contribution in [2.45, 2.75) is 0 Å². The molecule has 1 aromatic rings. The van der Waals surface area contributed by atoms with Crippen LogP contribution in [0.5, 0.6) is 0 Å². The van der Waals surface area contributed by atoms with Crippen LogP contribution in [0.4, 0.5) is 5.69 Å². The summed E-state index contributed by atoms with van der Waals surface area (Å²) in [6.45, 7) is 4.55. The van der Waals surface area contributed by atoms with E-state index in [-0.39, 0.29) is 0 Å². The van der Waals surface area contributed by atoms with Crippen molar-refractivity contribution in [3.8, 4) is 0 Å². The van der Waals surface area contributed by atoms with E-state index >= 15 is 0 Å². The van der Waals surface area contributed by atoms with Crippen LogP contribution in [0, 0.1) is 10.2 Å². The number of rotatable bonds is 1. The lowest BCUT2D eigenvalue weighted by atomic mass is 10.2. The third-order valence-electron chi connectivity index (χ3n) is 2.40. The average molecular weight is 297 g/mol. The Morgan fingerprint density at radius 2 is 1.56 bits per heavy atom. The molecule has 1 heterocycles. The maximum atomic E-state index is 8.49. The predicted octanol–water partition coefficient (Wildman–Crippen LogP) is -4.03. The van der Waals surface area contributed by atoms with Gasteiger partial charge in [-0.3, -0.25) is 0 Å². The van der Waals surface area contributed by atoms with Gasteiger partial charge in [-0.15, -0.1) is 10.2 Å². The highest BCUT2D eigenvalue weighted by Crippen LogP contribution is 2.24. The van der Waals surface area contributed by atoms with Gasteiger partial charge in [0.1, 0.15) is 0 Å². The molecule has 1 aliphatic heterocycles. The number of piperazine rings is 1. The number of quaternary nitrogens is 1. The highest BCUT2D eigenvalue weighted by atomic mass is 35.7. The van der Waals surface area contributed by atoms with Crippen molar-refractivity contribution >= 4 is 17.3 Å². The third-order valence-corrected chi connectivity index (χ3v) is 2.72. The number of hydrogen-bond acceptors (Lipinski definition) is 5. The molecule has 102 valence electrons. The first-order valence-electron chi connectivity index (χ1n) is 5.31. The molecule has 2 rings (SSSR count). The molecule has 0 atom stereocenters. The van der Waals surface area contributed by atoms with Crippen molar-refractivity contribution in [3.63, 3.8) is 0 Å². The molecule has 1 saturated heterocycles. The Morgan fingerprint density at radius 1 is 1.06 bits per heavy atom. The number of benzene rings is 1. The van der Waals surface area contributed by atoms with Gasteiger partial charge in [0.2, 0.25) is 0 Å². The van der Waals surface area contributed by atoms with E-state index in [2.05, 4.69) is 16.3 Å². The van der Waals surface area contributed by atoms with E-state index in [1.54, 1.807) is 0 Å². The number of halogens is 2. The molecule has 0 amide bonds. The molecule has 6 nitrogen and oxygen atoms in total. The molecule has 0 aliphatic carbocycles. The molecule has 0 bridgehead atoms. The van der Waals surface area contributed by atoms with Crippen LogP contribution in [0.25, 0.3) is 0 Å². The molecule has 0 radical (unpaired) electrons. The Morgan fingerprint density at radius 3 is 2.06 bits per heavy atom. The van der Waals surface area contributed by atoms with E-state index < -0.39 is 10.2 Å². The molecular formula is C10H14Cl2N2O4. The minimum absolute atomic E-state index is 0.865. The van der Waals surface area contributed by atoms with Gasteiger partial charge in [-0.1, -0.05) is 23.7 Å². The Hall–Kier alpha value is -0.600. The number of anilines is 1. The van der Waals surface area contributed by atoms with Crippen molar-refractivity contribution in [1.29, 1.82) is 0 Å². The Labute approximate surface area is 112 Å². The molecular weight excluding hydrogens is 283 g/mol. The highest BCUT2D eigenvalue weighted by Gasteiger charge is 2.14. The van der Waals surface area contributed by atoms with Gasteiger partial charge < -0.3 is 10.2 Å². The summed E-state index contributed by atoms with van der Waals surface area (Å²) in [7, 11) is -4.94. The maximum absolute atomic E-state index is 8.49. The maximum Gasteiger partial charge on any atom is 0.0934 e. The molecule has 0 unspecified atom stereocenters. The summed E-state index contributed by atoms with van der Waals surface area (Å²) in [4.78, 5) is 2.35. The van der Waals surface area contributed by atoms with Crippen LogP contribution in [0.2, 0.25) is 5.02 Å². The van der Waals surface area contributed by atoms with E-state index in [1.807, 2.05) is 18.2 Å². The number of nitrogens with zero attached hydrogens (tertiary/aromatic N) is 1. The van der Waals surface area contributed by atoms with Gasteiger partial charge >= 0.3 is 0 Å². The van der Waals surface area contributed by atoms with E-state index in [0.717, 1.165) is 18.1 Å². The second-order valence-electron chi connectivity index (χ2n) is 3.68. The van der Waals surface area contributed by atoms with Gasteiger partial charge in [0, 0.05) is 0 Å². The second-order valence-corrected chi connectivity index (χ2v) is 4.85. The lowest BCUT2D eigenvalue weighted by Crippen LogP contribution is -2.89. The molecule has 0 saturated carbocycles. The molecule has 0 spiro atoms. The second kappa shape index (κ2) is 7.10. The average Bonchev–Trinajstić information content (AvgIpc) is 2.29. The topological polar surface area (TPSA) is 112 Å². The highest BCUT2D eigenvalue weighted by molar-refractivity contribution is 6.33. The van der Waals surface area contributed by atoms with Crippen LogP contribution >= 0.6 is 11.6 Å². The minimum Gasteiger partial charge on any atom is -0.359 e. The Kier molecular flexibility index (Phi) is 6.10. The summed E-state index contributed by atoms with van der Waals surface area (Å²) in [6, 6.07) is 8.06. The Bertz CT molecular complexity index is 361. The van der Waals surface area contributed by atoms with Crippen LogP contribution in [-0.4, -0.2) is 26.2 Å². The van der Waals surface area contributed by atoms with Crippen LogP contribution in [0.15, 0.2) is 24.3 Å². The fraction of sp³-hybridized carbons (Fsp3) is 0.400. The summed E-state index contributed by atoms with van der Waals surface area (Å²) < 4.78 is 34.0. The number of hydrogen-bond donors (Lipinski definition) is 1. The fourth-order valence-electron chi connectivity index (χ4n) is 1.70. The van der Waals surface area contributed by atoms with Crippen molar-refractivity contribution in [1.82, 2.24) is 0 Å². The first kappa shape index (κ1) is 15.5. The van der Waals surface area contributed by atoms with Crippen LogP contribution in [0.3, 0.4) is 0 Å². The zero-order chi connectivity index (χ0) is 13.6. The van der Waals surface area contributed by atoms with Gasteiger partial charge in [-0.25, -0.2) is 18.6 Å². The van der Waals surface area contributed by atoms with E-state index in [9.17, 15) is 0 Å². The van der Waals surface area contributed by atoms with Gasteiger partial charge in [0.25, 0.3) is 0 Å². The third kappa shape index (κ3) is 6.36. The molecule has 0 aromatic heterocycles. The first-order valence-corrected chi connectivity index (χ1v) is 6.92. The lowest BCUT2D eigenvalue weighted by Gasteiger charge is -2.27. The molecule has 18 heavy (non-hydrogen) atoms. The molecule has 1 fully saturated rings. The fourth-order valence-corrected chi connectivity index (χ4v) is 1.95. The zero-order valence-corrected chi connectivity index (χ0v) is 11.1. The summed E-state index contributed by atoms with van der Waals surface area (Å²) in [5.41, 5.74) is 1.18. The summed E-state index contributed by atoms with van der Waals surface area (Å²) >= 11 is 6.11. The molecule has 1 aliphatic rings. The lowest BCUT2D eigenvalue weighted by molar-refractivity contribution is -2.00. The van der Waals surface area contributed by atoms with Crippen molar-refractivity contribution in [2.75, 3.05) is 31.1 Å². The van der Waals surface area contributed by atoms with Gasteiger partial charge in [0.15, 0.2) is 0 Å². The normalized spacial score (nSPS) is 15.9. The van der Waals surface area contributed by atoms with E-state index in [1.165, 1.54) is 18.8 Å². The zero-order valence-electron chi connectivity index (χ0n) is 9.55.